The van der Waals surface area contributed by atoms with Crippen LogP contribution >= 0.6 is 0 Å². The van der Waals surface area contributed by atoms with Gasteiger partial charge in [0.1, 0.15) is 0 Å². The molecule has 1 aromatic rings. The van der Waals surface area contributed by atoms with Gasteiger partial charge in [0.2, 0.25) is 10.0 Å². The standard InChI is InChI=1S/C14H20N2O4S/c1-21(19,20)16-8-6-15(7-9-16)11-13-5-3-2-4-12(13)10-14(17)18/h2-5H,6-11H2,1H3,(H,17,18). The van der Waals surface area contributed by atoms with Gasteiger partial charge in [0.15, 0.2) is 0 Å². The molecular weight excluding hydrogens is 292 g/mol. The maximum Gasteiger partial charge on any atom is 0.307 e. The monoisotopic (exact) mass is 312 g/mol. The third-order valence-electron chi connectivity index (χ3n) is 3.65. The molecule has 1 aromatic carbocycles. The number of benzene rings is 1. The lowest BCUT2D eigenvalue weighted by molar-refractivity contribution is -0.136. The number of hydrogen-bond acceptors (Lipinski definition) is 4. The van der Waals surface area contributed by atoms with Crippen LogP contribution in [0, 0.1) is 0 Å². The SMILES string of the molecule is CS(=O)(=O)N1CCN(Cc2ccccc2CC(=O)O)CC1. The molecule has 7 heteroatoms. The molecule has 0 bridgehead atoms. The fraction of sp³-hybridized carbons (Fsp3) is 0.500. The van der Waals surface area contributed by atoms with Crippen molar-refractivity contribution in [2.45, 2.75) is 13.0 Å². The first kappa shape index (κ1) is 15.9. The van der Waals surface area contributed by atoms with Crippen molar-refractivity contribution < 1.29 is 18.3 Å². The topological polar surface area (TPSA) is 77.9 Å². The first-order valence-electron chi connectivity index (χ1n) is 6.82. The highest BCUT2D eigenvalue weighted by molar-refractivity contribution is 7.88. The van der Waals surface area contributed by atoms with Crippen molar-refractivity contribution in [1.82, 2.24) is 9.21 Å². The summed E-state index contributed by atoms with van der Waals surface area (Å²) in [4.78, 5) is 13.0. The van der Waals surface area contributed by atoms with Gasteiger partial charge in [-0.3, -0.25) is 9.69 Å². The van der Waals surface area contributed by atoms with Gasteiger partial charge in [0.25, 0.3) is 0 Å². The number of carboxylic acid groups (broad SMARTS) is 1. The summed E-state index contributed by atoms with van der Waals surface area (Å²) in [6.07, 6.45) is 1.24. The zero-order chi connectivity index (χ0) is 15.5. The molecule has 116 valence electrons. The van der Waals surface area contributed by atoms with Gasteiger partial charge in [0, 0.05) is 32.7 Å². The number of carbonyl (C=O) groups is 1. The van der Waals surface area contributed by atoms with Crippen molar-refractivity contribution in [2.75, 3.05) is 32.4 Å². The van der Waals surface area contributed by atoms with Crippen LogP contribution in [0.3, 0.4) is 0 Å². The summed E-state index contributed by atoms with van der Waals surface area (Å²) in [7, 11) is -3.12. The molecule has 1 N–H and O–H groups in total. The predicted molar refractivity (Wildman–Crippen MR) is 79.5 cm³/mol. The maximum atomic E-state index is 11.5. The number of nitrogens with zero attached hydrogens (tertiary/aromatic N) is 2. The fourth-order valence-electron chi connectivity index (χ4n) is 2.51. The lowest BCUT2D eigenvalue weighted by atomic mass is 10.0. The van der Waals surface area contributed by atoms with Crippen LogP contribution in [0.5, 0.6) is 0 Å². The predicted octanol–water partition coefficient (Wildman–Crippen LogP) is 0.391. The summed E-state index contributed by atoms with van der Waals surface area (Å²) in [5, 5.41) is 8.93. The largest absolute Gasteiger partial charge is 0.481 e. The molecule has 21 heavy (non-hydrogen) atoms. The lowest BCUT2D eigenvalue weighted by Gasteiger charge is -2.33. The second kappa shape index (κ2) is 6.55. The van der Waals surface area contributed by atoms with E-state index in [1.807, 2.05) is 24.3 Å². The number of aliphatic carboxylic acids is 1. The van der Waals surface area contributed by atoms with E-state index in [9.17, 15) is 13.2 Å². The van der Waals surface area contributed by atoms with Crippen LogP contribution in [-0.2, 0) is 27.8 Å². The summed E-state index contributed by atoms with van der Waals surface area (Å²) in [5.74, 6) is -0.843. The molecule has 1 heterocycles. The Morgan fingerprint density at radius 3 is 2.24 bits per heavy atom. The third-order valence-corrected chi connectivity index (χ3v) is 4.96. The Balaban J connectivity index is 1.99. The smallest absolute Gasteiger partial charge is 0.307 e. The highest BCUT2D eigenvalue weighted by atomic mass is 32.2. The first-order valence-corrected chi connectivity index (χ1v) is 8.67. The Kier molecular flexibility index (Phi) is 4.97. The normalized spacial score (nSPS) is 17.8. The van der Waals surface area contributed by atoms with E-state index >= 15 is 0 Å². The number of rotatable bonds is 5. The van der Waals surface area contributed by atoms with E-state index in [2.05, 4.69) is 4.90 Å². The van der Waals surface area contributed by atoms with E-state index in [1.165, 1.54) is 10.6 Å². The highest BCUT2D eigenvalue weighted by Crippen LogP contribution is 2.15. The van der Waals surface area contributed by atoms with E-state index in [-0.39, 0.29) is 6.42 Å². The van der Waals surface area contributed by atoms with Gasteiger partial charge in [-0.1, -0.05) is 24.3 Å². The molecule has 0 spiro atoms. The van der Waals surface area contributed by atoms with Crippen LogP contribution in [0.1, 0.15) is 11.1 Å². The van der Waals surface area contributed by atoms with Crippen molar-refractivity contribution in [3.63, 3.8) is 0 Å². The van der Waals surface area contributed by atoms with Crippen LogP contribution in [0.25, 0.3) is 0 Å². The molecule has 0 saturated carbocycles. The summed E-state index contributed by atoms with van der Waals surface area (Å²) >= 11 is 0. The molecule has 2 rings (SSSR count). The molecule has 1 saturated heterocycles. The summed E-state index contributed by atoms with van der Waals surface area (Å²) in [6, 6.07) is 7.49. The van der Waals surface area contributed by atoms with Gasteiger partial charge < -0.3 is 5.11 Å². The molecule has 0 aliphatic carbocycles. The quantitative estimate of drug-likeness (QED) is 0.851. The van der Waals surface area contributed by atoms with Crippen molar-refractivity contribution in [3.05, 3.63) is 35.4 Å². The molecule has 1 aliphatic rings. The van der Waals surface area contributed by atoms with E-state index in [0.29, 0.717) is 32.7 Å². The molecule has 0 amide bonds. The minimum Gasteiger partial charge on any atom is -0.481 e. The number of piperazine rings is 1. The van der Waals surface area contributed by atoms with Gasteiger partial charge in [-0.05, 0) is 11.1 Å². The van der Waals surface area contributed by atoms with Crippen molar-refractivity contribution in [3.8, 4) is 0 Å². The Morgan fingerprint density at radius 1 is 1.14 bits per heavy atom. The van der Waals surface area contributed by atoms with Gasteiger partial charge in [-0.15, -0.1) is 0 Å². The molecule has 1 aliphatic heterocycles. The Morgan fingerprint density at radius 2 is 1.71 bits per heavy atom. The average molecular weight is 312 g/mol. The maximum absolute atomic E-state index is 11.5. The van der Waals surface area contributed by atoms with Crippen LogP contribution < -0.4 is 0 Å². The van der Waals surface area contributed by atoms with E-state index in [0.717, 1.165) is 11.1 Å². The number of hydrogen-bond donors (Lipinski definition) is 1. The molecule has 0 aromatic heterocycles. The number of carboxylic acids is 1. The summed E-state index contributed by atoms with van der Waals surface area (Å²) in [5.41, 5.74) is 1.81. The van der Waals surface area contributed by atoms with Crippen LogP contribution in [0.15, 0.2) is 24.3 Å². The lowest BCUT2D eigenvalue weighted by Crippen LogP contribution is -2.47. The Hall–Kier alpha value is -1.44. The Labute approximate surface area is 125 Å². The minimum atomic E-state index is -3.12. The van der Waals surface area contributed by atoms with E-state index < -0.39 is 16.0 Å². The first-order chi connectivity index (χ1) is 9.86. The fourth-order valence-corrected chi connectivity index (χ4v) is 3.33. The van der Waals surface area contributed by atoms with E-state index in [4.69, 9.17) is 5.11 Å². The van der Waals surface area contributed by atoms with E-state index in [1.54, 1.807) is 0 Å². The second-order valence-electron chi connectivity index (χ2n) is 5.28. The molecular formula is C14H20N2O4S. The second-order valence-corrected chi connectivity index (χ2v) is 7.26. The molecule has 0 radical (unpaired) electrons. The highest BCUT2D eigenvalue weighted by Gasteiger charge is 2.23. The van der Waals surface area contributed by atoms with Crippen LogP contribution in [0.2, 0.25) is 0 Å². The van der Waals surface area contributed by atoms with Gasteiger partial charge in [-0.2, -0.15) is 4.31 Å². The number of sulfonamides is 1. The molecule has 1 fully saturated rings. The van der Waals surface area contributed by atoms with Crippen LogP contribution in [-0.4, -0.2) is 61.1 Å². The summed E-state index contributed by atoms with van der Waals surface area (Å²) in [6.45, 7) is 2.95. The third kappa shape index (κ3) is 4.52. The molecule has 6 nitrogen and oxygen atoms in total. The minimum absolute atomic E-state index is 0.0134. The van der Waals surface area contributed by atoms with Crippen molar-refractivity contribution in [2.24, 2.45) is 0 Å². The summed E-state index contributed by atoms with van der Waals surface area (Å²) < 4.78 is 24.4. The average Bonchev–Trinajstić information content (AvgIpc) is 2.40. The Bertz CT molecular complexity index is 607. The van der Waals surface area contributed by atoms with Gasteiger partial charge in [0.05, 0.1) is 12.7 Å². The van der Waals surface area contributed by atoms with Crippen molar-refractivity contribution in [1.29, 1.82) is 0 Å². The zero-order valence-electron chi connectivity index (χ0n) is 12.0. The molecule has 0 atom stereocenters. The zero-order valence-corrected chi connectivity index (χ0v) is 12.8. The van der Waals surface area contributed by atoms with Gasteiger partial charge in [-0.25, -0.2) is 8.42 Å². The van der Waals surface area contributed by atoms with Crippen LogP contribution in [0.4, 0.5) is 0 Å². The molecule has 0 unspecified atom stereocenters. The van der Waals surface area contributed by atoms with Gasteiger partial charge >= 0.3 is 5.97 Å². The van der Waals surface area contributed by atoms with Crippen molar-refractivity contribution >= 4 is 16.0 Å².